The molecule has 1 aliphatic carbocycles. The van der Waals surface area contributed by atoms with Crippen LogP contribution in [0, 0.1) is 5.92 Å². The second-order valence-corrected chi connectivity index (χ2v) is 9.16. The van der Waals surface area contributed by atoms with E-state index < -0.39 is 0 Å². The molecule has 30 heavy (non-hydrogen) atoms. The average Bonchev–Trinajstić information content (AvgIpc) is 3.23. The van der Waals surface area contributed by atoms with E-state index in [0.717, 1.165) is 42.4 Å². The molecule has 2 fully saturated rings. The first-order valence-electron chi connectivity index (χ1n) is 11.2. The summed E-state index contributed by atoms with van der Waals surface area (Å²) in [5, 5.41) is 7.06. The van der Waals surface area contributed by atoms with Gasteiger partial charge in [0, 0.05) is 23.7 Å². The van der Waals surface area contributed by atoms with Gasteiger partial charge in [0.1, 0.15) is 0 Å². The average molecular weight is 426 g/mol. The molecule has 2 unspecified atom stereocenters. The van der Waals surface area contributed by atoms with E-state index in [9.17, 15) is 4.79 Å². The molecule has 1 saturated carbocycles. The number of nitrogens with zero attached hydrogens (tertiary/aromatic N) is 1. The zero-order valence-corrected chi connectivity index (χ0v) is 18.3. The Hall–Kier alpha value is -2.04. The molecule has 4 rings (SSSR count). The number of hydrogen-bond donors (Lipinski definition) is 2. The largest absolute Gasteiger partial charge is 0.334 e. The van der Waals surface area contributed by atoms with E-state index in [2.05, 4.69) is 27.7 Å². The van der Waals surface area contributed by atoms with Crippen LogP contribution in [0.5, 0.6) is 0 Å². The molecule has 1 heterocycles. The summed E-state index contributed by atoms with van der Waals surface area (Å²) >= 11 is 6.01. The van der Waals surface area contributed by atoms with Crippen molar-refractivity contribution in [2.24, 2.45) is 5.92 Å². The highest BCUT2D eigenvalue weighted by Crippen LogP contribution is 2.30. The van der Waals surface area contributed by atoms with Crippen molar-refractivity contribution in [1.82, 2.24) is 15.5 Å². The maximum absolute atomic E-state index is 12.4. The number of rotatable bonds is 6. The molecule has 2 amide bonds. The molecule has 0 radical (unpaired) electrons. The van der Waals surface area contributed by atoms with E-state index in [0.29, 0.717) is 12.6 Å². The minimum absolute atomic E-state index is 0.0478. The number of carbonyl (C=O) groups excluding carboxylic acids is 1. The number of hydrogen-bond acceptors (Lipinski definition) is 2. The summed E-state index contributed by atoms with van der Waals surface area (Å²) in [7, 11) is 0. The van der Waals surface area contributed by atoms with Crippen LogP contribution in [0.2, 0.25) is 5.02 Å². The van der Waals surface area contributed by atoms with Gasteiger partial charge in [-0.3, -0.25) is 4.90 Å². The van der Waals surface area contributed by atoms with E-state index in [-0.39, 0.29) is 12.1 Å². The molecule has 2 aliphatic rings. The Labute approximate surface area is 185 Å². The van der Waals surface area contributed by atoms with Crippen molar-refractivity contribution in [3.63, 3.8) is 0 Å². The second kappa shape index (κ2) is 10.3. The van der Waals surface area contributed by atoms with E-state index >= 15 is 0 Å². The summed E-state index contributed by atoms with van der Waals surface area (Å²) < 4.78 is 0. The van der Waals surface area contributed by atoms with Crippen LogP contribution in [-0.4, -0.2) is 36.1 Å². The number of amides is 2. The van der Waals surface area contributed by atoms with Crippen LogP contribution < -0.4 is 10.6 Å². The summed E-state index contributed by atoms with van der Waals surface area (Å²) in [6.07, 6.45) is 7.05. The predicted molar refractivity (Wildman–Crippen MR) is 123 cm³/mol. The van der Waals surface area contributed by atoms with Crippen LogP contribution in [0.3, 0.4) is 0 Å². The topological polar surface area (TPSA) is 44.4 Å². The zero-order valence-electron chi connectivity index (χ0n) is 17.5. The molecule has 4 nitrogen and oxygen atoms in total. The van der Waals surface area contributed by atoms with Gasteiger partial charge >= 0.3 is 6.03 Å². The molecule has 2 aromatic rings. The number of likely N-dealkylation sites (tertiary alicyclic amines) is 1. The summed E-state index contributed by atoms with van der Waals surface area (Å²) in [4.78, 5) is 15.0. The van der Waals surface area contributed by atoms with E-state index in [1.165, 1.54) is 31.2 Å². The van der Waals surface area contributed by atoms with Gasteiger partial charge in [0.15, 0.2) is 0 Å². The van der Waals surface area contributed by atoms with Crippen molar-refractivity contribution in [3.8, 4) is 0 Å². The van der Waals surface area contributed by atoms with Gasteiger partial charge in [-0.05, 0) is 80.8 Å². The highest BCUT2D eigenvalue weighted by molar-refractivity contribution is 6.30. The molecule has 0 spiro atoms. The molecule has 1 aliphatic heterocycles. The highest BCUT2D eigenvalue weighted by atomic mass is 35.5. The minimum Gasteiger partial charge on any atom is -0.334 e. The third kappa shape index (κ3) is 5.77. The molecule has 0 bridgehead atoms. The van der Waals surface area contributed by atoms with E-state index in [4.69, 9.17) is 11.6 Å². The van der Waals surface area contributed by atoms with Crippen molar-refractivity contribution in [2.75, 3.05) is 13.1 Å². The predicted octanol–water partition coefficient (Wildman–Crippen LogP) is 5.02. The quantitative estimate of drug-likeness (QED) is 0.682. The third-order valence-electron chi connectivity index (χ3n) is 6.65. The lowest BCUT2D eigenvalue weighted by Crippen LogP contribution is -2.53. The van der Waals surface area contributed by atoms with Gasteiger partial charge in [-0.25, -0.2) is 4.79 Å². The summed E-state index contributed by atoms with van der Waals surface area (Å²) in [5.41, 5.74) is 2.51. The van der Waals surface area contributed by atoms with Crippen molar-refractivity contribution in [1.29, 1.82) is 0 Å². The number of nitrogens with one attached hydrogen (secondary N) is 2. The van der Waals surface area contributed by atoms with Crippen LogP contribution >= 0.6 is 11.6 Å². The normalized spacial score (nSPS) is 22.7. The first-order valence-corrected chi connectivity index (χ1v) is 11.6. The van der Waals surface area contributed by atoms with Gasteiger partial charge in [0.2, 0.25) is 0 Å². The summed E-state index contributed by atoms with van der Waals surface area (Å²) in [6, 6.07) is 19.0. The lowest BCUT2D eigenvalue weighted by Gasteiger charge is -2.38. The van der Waals surface area contributed by atoms with Crippen LogP contribution in [0.15, 0.2) is 54.6 Å². The Balaban J connectivity index is 1.23. The van der Waals surface area contributed by atoms with Crippen LogP contribution in [-0.2, 0) is 13.0 Å². The van der Waals surface area contributed by atoms with Gasteiger partial charge in [-0.2, -0.15) is 0 Å². The maximum Gasteiger partial charge on any atom is 0.315 e. The molecule has 160 valence electrons. The van der Waals surface area contributed by atoms with Gasteiger partial charge in [-0.1, -0.05) is 54.1 Å². The smallest absolute Gasteiger partial charge is 0.315 e. The zero-order chi connectivity index (χ0) is 20.8. The first kappa shape index (κ1) is 21.2. The summed E-state index contributed by atoms with van der Waals surface area (Å²) in [6.45, 7) is 2.83. The van der Waals surface area contributed by atoms with Crippen LogP contribution in [0.1, 0.15) is 43.2 Å². The Bertz CT molecular complexity index is 803. The number of urea groups is 1. The minimum atomic E-state index is -0.0478. The van der Waals surface area contributed by atoms with Crippen molar-refractivity contribution in [3.05, 3.63) is 70.7 Å². The third-order valence-corrected chi connectivity index (χ3v) is 6.90. The molecular formula is C25H32ClN3O. The lowest BCUT2D eigenvalue weighted by molar-refractivity contribution is 0.118. The Kier molecular flexibility index (Phi) is 7.29. The molecule has 1 saturated heterocycles. The number of carbonyl (C=O) groups is 1. The van der Waals surface area contributed by atoms with Gasteiger partial charge in [0.05, 0.1) is 0 Å². The van der Waals surface area contributed by atoms with Crippen molar-refractivity contribution < 1.29 is 4.79 Å². The maximum atomic E-state index is 12.4. The number of piperidine rings is 1. The van der Waals surface area contributed by atoms with Crippen LogP contribution in [0.4, 0.5) is 4.79 Å². The lowest BCUT2D eigenvalue weighted by atomic mass is 9.89. The van der Waals surface area contributed by atoms with Gasteiger partial charge in [0.25, 0.3) is 0 Å². The van der Waals surface area contributed by atoms with E-state index in [1.807, 2.05) is 42.5 Å². The van der Waals surface area contributed by atoms with Crippen LogP contribution in [0.25, 0.3) is 0 Å². The molecule has 5 heteroatoms. The number of halogens is 1. The Morgan fingerprint density at radius 3 is 2.40 bits per heavy atom. The molecule has 2 N–H and O–H groups in total. The SMILES string of the molecule is O=C(NCc1ccccc1)NC1CCCC1N1CCC(Cc2ccc(Cl)cc2)CC1. The fraction of sp³-hybridized carbons (Fsp3) is 0.480. The Morgan fingerprint density at radius 2 is 1.67 bits per heavy atom. The fourth-order valence-electron chi connectivity index (χ4n) is 4.99. The molecular weight excluding hydrogens is 394 g/mol. The van der Waals surface area contributed by atoms with Gasteiger partial charge in [-0.15, -0.1) is 0 Å². The summed E-state index contributed by atoms with van der Waals surface area (Å²) in [5.74, 6) is 0.740. The van der Waals surface area contributed by atoms with Gasteiger partial charge < -0.3 is 10.6 Å². The molecule has 2 aromatic carbocycles. The monoisotopic (exact) mass is 425 g/mol. The van der Waals surface area contributed by atoms with Crippen molar-refractivity contribution >= 4 is 17.6 Å². The standard InChI is InChI=1S/C25H32ClN3O/c26-22-11-9-19(10-12-22)17-20-13-15-29(16-14-20)24-8-4-7-23(24)28-25(30)27-18-21-5-2-1-3-6-21/h1-3,5-6,9-12,20,23-24H,4,7-8,13-18H2,(H2,27,28,30). The second-order valence-electron chi connectivity index (χ2n) is 8.73. The molecule has 0 aromatic heterocycles. The van der Waals surface area contributed by atoms with E-state index in [1.54, 1.807) is 0 Å². The first-order chi connectivity index (χ1) is 14.7. The Morgan fingerprint density at radius 1 is 0.933 bits per heavy atom. The highest BCUT2D eigenvalue weighted by Gasteiger charge is 2.34. The van der Waals surface area contributed by atoms with Crippen molar-refractivity contribution in [2.45, 2.75) is 57.2 Å². The molecule has 2 atom stereocenters. The number of benzene rings is 2. The fourth-order valence-corrected chi connectivity index (χ4v) is 5.11.